The van der Waals surface area contributed by atoms with Crippen molar-refractivity contribution in [3.05, 3.63) is 70.3 Å². The Morgan fingerprint density at radius 3 is 2.65 bits per heavy atom. The number of benzene rings is 1. The van der Waals surface area contributed by atoms with Gasteiger partial charge in [0.25, 0.3) is 5.91 Å². The average Bonchev–Trinajstić information content (AvgIpc) is 3.08. The third-order valence-electron chi connectivity index (χ3n) is 3.49. The lowest BCUT2D eigenvalue weighted by Gasteiger charge is -2.09. The van der Waals surface area contributed by atoms with E-state index in [4.69, 9.17) is 16.0 Å². The number of aryl methyl sites for hydroxylation is 2. The Kier molecular flexibility index (Phi) is 4.21. The van der Waals surface area contributed by atoms with Crippen molar-refractivity contribution in [1.29, 1.82) is 0 Å². The molecule has 23 heavy (non-hydrogen) atoms. The molecule has 0 bridgehead atoms. The molecule has 0 radical (unpaired) electrons. The van der Waals surface area contributed by atoms with Crippen molar-refractivity contribution in [1.82, 2.24) is 9.78 Å². The van der Waals surface area contributed by atoms with Gasteiger partial charge in [0.05, 0.1) is 18.3 Å². The summed E-state index contributed by atoms with van der Waals surface area (Å²) in [4.78, 5) is 12.4. The topological polar surface area (TPSA) is 60.1 Å². The van der Waals surface area contributed by atoms with E-state index < -0.39 is 0 Å². The van der Waals surface area contributed by atoms with Gasteiger partial charge in [-0.25, -0.2) is 4.68 Å². The van der Waals surface area contributed by atoms with Crippen LogP contribution in [0.1, 0.15) is 27.4 Å². The number of hydrogen-bond acceptors (Lipinski definition) is 3. The van der Waals surface area contributed by atoms with E-state index in [2.05, 4.69) is 10.4 Å². The van der Waals surface area contributed by atoms with E-state index in [-0.39, 0.29) is 5.91 Å². The first-order chi connectivity index (χ1) is 11.0. The van der Waals surface area contributed by atoms with Crippen LogP contribution in [0.5, 0.6) is 0 Å². The lowest BCUT2D eigenvalue weighted by atomic mass is 10.2. The third kappa shape index (κ3) is 3.46. The normalized spacial score (nSPS) is 10.7. The van der Waals surface area contributed by atoms with Gasteiger partial charge in [0.15, 0.2) is 0 Å². The first-order valence-corrected chi connectivity index (χ1v) is 7.55. The second kappa shape index (κ2) is 6.30. The minimum atomic E-state index is -0.211. The van der Waals surface area contributed by atoms with Crippen molar-refractivity contribution in [3.63, 3.8) is 0 Å². The van der Waals surface area contributed by atoms with Crippen LogP contribution in [0.25, 0.3) is 0 Å². The number of carbonyl (C=O) groups excluding carboxylic acids is 1. The van der Waals surface area contributed by atoms with Crippen molar-refractivity contribution in [2.45, 2.75) is 20.4 Å². The summed E-state index contributed by atoms with van der Waals surface area (Å²) < 4.78 is 7.12. The predicted octanol–water partition coefficient (Wildman–Crippen LogP) is 4.05. The minimum Gasteiger partial charge on any atom is -0.466 e. The van der Waals surface area contributed by atoms with Crippen LogP contribution in [0.4, 0.5) is 5.82 Å². The molecule has 0 aliphatic heterocycles. The fourth-order valence-electron chi connectivity index (χ4n) is 2.37. The minimum absolute atomic E-state index is 0.211. The van der Waals surface area contributed by atoms with Gasteiger partial charge in [-0.2, -0.15) is 5.10 Å². The number of carbonyl (C=O) groups is 1. The van der Waals surface area contributed by atoms with E-state index in [1.807, 2.05) is 31.2 Å². The van der Waals surface area contributed by atoms with Crippen LogP contribution in [-0.4, -0.2) is 15.7 Å². The van der Waals surface area contributed by atoms with Crippen LogP contribution in [0.2, 0.25) is 5.02 Å². The predicted molar refractivity (Wildman–Crippen MR) is 88.9 cm³/mol. The molecule has 0 fully saturated rings. The molecule has 1 aromatic carbocycles. The smallest absolute Gasteiger partial charge is 0.260 e. The molecule has 1 N–H and O–H groups in total. The molecule has 3 aromatic rings. The summed E-state index contributed by atoms with van der Waals surface area (Å²) in [6.07, 6.45) is 1.65. The van der Waals surface area contributed by atoms with Gasteiger partial charge in [-0.15, -0.1) is 0 Å². The second-order valence-corrected chi connectivity index (χ2v) is 5.72. The van der Waals surface area contributed by atoms with Gasteiger partial charge >= 0.3 is 0 Å². The van der Waals surface area contributed by atoms with E-state index in [9.17, 15) is 4.79 Å². The monoisotopic (exact) mass is 329 g/mol. The number of hydrogen-bond donors (Lipinski definition) is 1. The highest BCUT2D eigenvalue weighted by Gasteiger charge is 2.15. The molecule has 0 unspecified atom stereocenters. The summed E-state index contributed by atoms with van der Waals surface area (Å²) in [7, 11) is 0. The van der Waals surface area contributed by atoms with Gasteiger partial charge in [-0.05, 0) is 37.6 Å². The van der Waals surface area contributed by atoms with E-state index in [0.29, 0.717) is 34.5 Å². The third-order valence-corrected chi connectivity index (χ3v) is 3.74. The Morgan fingerprint density at radius 2 is 2.00 bits per heavy atom. The van der Waals surface area contributed by atoms with E-state index in [1.54, 1.807) is 29.9 Å². The maximum atomic E-state index is 12.4. The van der Waals surface area contributed by atoms with Gasteiger partial charge in [-0.3, -0.25) is 4.79 Å². The lowest BCUT2D eigenvalue weighted by Crippen LogP contribution is -2.16. The van der Waals surface area contributed by atoms with Gasteiger partial charge < -0.3 is 9.73 Å². The summed E-state index contributed by atoms with van der Waals surface area (Å²) in [5, 5.41) is 7.81. The maximum Gasteiger partial charge on any atom is 0.260 e. The molecule has 2 heterocycles. The SMILES string of the molecule is Cc1cc(C(=O)Nc2ccnn2Cc2ccc(Cl)cc2)c(C)o1. The molecular formula is C17H16ClN3O2. The number of aromatic nitrogens is 2. The largest absolute Gasteiger partial charge is 0.466 e. The summed E-state index contributed by atoms with van der Waals surface area (Å²) in [5.74, 6) is 1.73. The van der Waals surface area contributed by atoms with E-state index in [1.165, 1.54) is 0 Å². The van der Waals surface area contributed by atoms with Crippen molar-refractivity contribution < 1.29 is 9.21 Å². The summed E-state index contributed by atoms with van der Waals surface area (Å²) in [5.41, 5.74) is 1.57. The lowest BCUT2D eigenvalue weighted by molar-refractivity contribution is 0.102. The molecule has 6 heteroatoms. The number of rotatable bonds is 4. The molecule has 0 spiro atoms. The molecule has 0 aliphatic rings. The van der Waals surface area contributed by atoms with Crippen LogP contribution in [0.3, 0.4) is 0 Å². The fraction of sp³-hybridized carbons (Fsp3) is 0.176. The number of halogens is 1. The molecule has 0 aliphatic carbocycles. The van der Waals surface area contributed by atoms with Crippen LogP contribution < -0.4 is 5.32 Å². The van der Waals surface area contributed by atoms with Crippen molar-refractivity contribution >= 4 is 23.3 Å². The first kappa shape index (κ1) is 15.4. The number of furan rings is 1. The van der Waals surface area contributed by atoms with Crippen LogP contribution in [0.15, 0.2) is 47.0 Å². The summed E-state index contributed by atoms with van der Waals surface area (Å²) in [6.45, 7) is 4.13. The Morgan fingerprint density at radius 1 is 1.26 bits per heavy atom. The quantitative estimate of drug-likeness (QED) is 0.785. The van der Waals surface area contributed by atoms with Crippen LogP contribution >= 0.6 is 11.6 Å². The molecule has 0 saturated heterocycles. The standard InChI is InChI=1S/C17H16ClN3O2/c1-11-9-15(12(2)23-11)17(22)20-16-7-8-19-21(16)10-13-3-5-14(18)6-4-13/h3-9H,10H2,1-2H3,(H,20,22). The highest BCUT2D eigenvalue weighted by molar-refractivity contribution is 6.30. The molecule has 2 aromatic heterocycles. The van der Waals surface area contributed by atoms with Gasteiger partial charge in [0.2, 0.25) is 0 Å². The number of anilines is 1. The molecular weight excluding hydrogens is 314 g/mol. The number of amides is 1. The molecule has 0 saturated carbocycles. The van der Waals surface area contributed by atoms with Crippen molar-refractivity contribution in [3.8, 4) is 0 Å². The zero-order valence-corrected chi connectivity index (χ0v) is 13.6. The van der Waals surface area contributed by atoms with Gasteiger partial charge in [-0.1, -0.05) is 23.7 Å². The van der Waals surface area contributed by atoms with Crippen molar-refractivity contribution in [2.75, 3.05) is 5.32 Å². The molecule has 118 valence electrons. The van der Waals surface area contributed by atoms with Crippen LogP contribution in [-0.2, 0) is 6.54 Å². The number of nitrogens with zero attached hydrogens (tertiary/aromatic N) is 2. The Labute approximate surface area is 138 Å². The first-order valence-electron chi connectivity index (χ1n) is 7.17. The van der Waals surface area contributed by atoms with Crippen LogP contribution in [0, 0.1) is 13.8 Å². The molecule has 5 nitrogen and oxygen atoms in total. The highest BCUT2D eigenvalue weighted by atomic mass is 35.5. The van der Waals surface area contributed by atoms with Gasteiger partial charge in [0, 0.05) is 11.1 Å². The highest BCUT2D eigenvalue weighted by Crippen LogP contribution is 2.17. The Hall–Kier alpha value is -2.53. The summed E-state index contributed by atoms with van der Waals surface area (Å²) >= 11 is 5.89. The maximum absolute atomic E-state index is 12.4. The van der Waals surface area contributed by atoms with Gasteiger partial charge in [0.1, 0.15) is 17.3 Å². The van der Waals surface area contributed by atoms with E-state index >= 15 is 0 Å². The Balaban J connectivity index is 1.77. The van der Waals surface area contributed by atoms with E-state index in [0.717, 1.165) is 5.56 Å². The molecule has 0 atom stereocenters. The molecule has 3 rings (SSSR count). The fourth-order valence-corrected chi connectivity index (χ4v) is 2.49. The average molecular weight is 330 g/mol. The molecule has 1 amide bonds. The summed E-state index contributed by atoms with van der Waals surface area (Å²) in [6, 6.07) is 11.0. The second-order valence-electron chi connectivity index (χ2n) is 5.28. The zero-order chi connectivity index (χ0) is 16.4. The van der Waals surface area contributed by atoms with Crippen molar-refractivity contribution in [2.24, 2.45) is 0 Å². The number of nitrogens with one attached hydrogen (secondary N) is 1. The zero-order valence-electron chi connectivity index (χ0n) is 12.8. The Bertz CT molecular complexity index is 834.